The third-order valence-electron chi connectivity index (χ3n) is 5.32. The van der Waals surface area contributed by atoms with E-state index >= 15 is 0 Å². The second-order valence-corrected chi connectivity index (χ2v) is 9.36. The Kier molecular flexibility index (Phi) is 7.63. The summed E-state index contributed by atoms with van der Waals surface area (Å²) in [5.41, 5.74) is 0. The van der Waals surface area contributed by atoms with Crippen LogP contribution in [-0.4, -0.2) is 63.5 Å². The normalized spacial score (nSPS) is 19.9. The van der Waals surface area contributed by atoms with Crippen molar-refractivity contribution in [1.82, 2.24) is 14.9 Å². The smallest absolute Gasteiger partial charge is 0.241 e. The molecule has 0 unspecified atom stereocenters. The van der Waals surface area contributed by atoms with Crippen molar-refractivity contribution < 1.29 is 22.7 Å². The summed E-state index contributed by atoms with van der Waals surface area (Å²) >= 11 is 0. The van der Waals surface area contributed by atoms with Crippen LogP contribution in [0.1, 0.15) is 38.5 Å². The van der Waals surface area contributed by atoms with Crippen LogP contribution >= 0.6 is 0 Å². The molecule has 3 rings (SSSR count). The number of hydrogen-bond donors (Lipinski definition) is 2. The van der Waals surface area contributed by atoms with Crippen molar-refractivity contribution in [2.45, 2.75) is 55.6 Å². The predicted molar refractivity (Wildman–Crippen MR) is 108 cm³/mol. The minimum absolute atomic E-state index is 0.0949. The maximum absolute atomic E-state index is 12.7. The van der Waals surface area contributed by atoms with Crippen molar-refractivity contribution in [2.24, 2.45) is 0 Å². The van der Waals surface area contributed by atoms with E-state index in [0.717, 1.165) is 38.5 Å². The standard InChI is InChI=1S/C20H29N3O5S/c24-19(22-16-7-4-5-8-16)15-23(14-17-9-6-12-28-17)20(25)13-21-29(26,27)18-10-2-1-3-11-18/h1-3,10-11,16-17,21H,4-9,12-15H2,(H,22,24)/t17-/m0/s1. The Labute approximate surface area is 172 Å². The van der Waals surface area contributed by atoms with Gasteiger partial charge < -0.3 is 15.0 Å². The predicted octanol–water partition coefficient (Wildman–Crippen LogP) is 1.03. The third kappa shape index (κ3) is 6.52. The summed E-state index contributed by atoms with van der Waals surface area (Å²) in [5.74, 6) is -0.657. The fraction of sp³-hybridized carbons (Fsp3) is 0.600. The summed E-state index contributed by atoms with van der Waals surface area (Å²) in [6.07, 6.45) is 5.75. The van der Waals surface area contributed by atoms with Crippen molar-refractivity contribution >= 4 is 21.8 Å². The van der Waals surface area contributed by atoms with Crippen LogP contribution in [0.15, 0.2) is 35.2 Å². The van der Waals surface area contributed by atoms with Gasteiger partial charge in [-0.05, 0) is 37.8 Å². The van der Waals surface area contributed by atoms with Crippen LogP contribution in [0.5, 0.6) is 0 Å². The van der Waals surface area contributed by atoms with Crippen molar-refractivity contribution in [3.63, 3.8) is 0 Å². The molecule has 2 fully saturated rings. The fourth-order valence-corrected chi connectivity index (χ4v) is 4.75. The molecule has 1 aromatic carbocycles. The first-order chi connectivity index (χ1) is 13.9. The molecule has 1 saturated carbocycles. The minimum Gasteiger partial charge on any atom is -0.376 e. The Morgan fingerprint density at radius 3 is 2.45 bits per heavy atom. The highest BCUT2D eigenvalue weighted by Gasteiger charge is 2.26. The molecular weight excluding hydrogens is 394 g/mol. The first kappa shape index (κ1) is 21.7. The Bertz CT molecular complexity index is 788. The minimum atomic E-state index is -3.79. The van der Waals surface area contributed by atoms with E-state index < -0.39 is 22.5 Å². The molecule has 0 aromatic heterocycles. The summed E-state index contributed by atoms with van der Waals surface area (Å²) in [5, 5.41) is 2.98. The number of hydrogen-bond acceptors (Lipinski definition) is 5. The van der Waals surface area contributed by atoms with Gasteiger partial charge in [-0.2, -0.15) is 0 Å². The maximum Gasteiger partial charge on any atom is 0.241 e. The molecule has 1 aliphatic heterocycles. The molecule has 9 heteroatoms. The number of nitrogens with one attached hydrogen (secondary N) is 2. The lowest BCUT2D eigenvalue weighted by Gasteiger charge is -2.26. The molecule has 1 aromatic rings. The van der Waals surface area contributed by atoms with E-state index in [9.17, 15) is 18.0 Å². The Morgan fingerprint density at radius 2 is 1.79 bits per heavy atom. The lowest BCUT2D eigenvalue weighted by molar-refractivity contribution is -0.136. The van der Waals surface area contributed by atoms with Gasteiger partial charge >= 0.3 is 0 Å². The lowest BCUT2D eigenvalue weighted by atomic mass is 10.2. The van der Waals surface area contributed by atoms with Gasteiger partial charge in [-0.15, -0.1) is 0 Å². The molecule has 8 nitrogen and oxygen atoms in total. The van der Waals surface area contributed by atoms with Gasteiger partial charge in [0.25, 0.3) is 0 Å². The van der Waals surface area contributed by atoms with Crippen LogP contribution < -0.4 is 10.0 Å². The van der Waals surface area contributed by atoms with E-state index in [1.54, 1.807) is 18.2 Å². The van der Waals surface area contributed by atoms with Gasteiger partial charge in [0.1, 0.15) is 0 Å². The zero-order chi connectivity index (χ0) is 20.7. The quantitative estimate of drug-likeness (QED) is 0.617. The van der Waals surface area contributed by atoms with Gasteiger partial charge in [0.15, 0.2) is 0 Å². The first-order valence-electron chi connectivity index (χ1n) is 10.2. The molecule has 1 saturated heterocycles. The molecule has 0 bridgehead atoms. The van der Waals surface area contributed by atoms with E-state index in [2.05, 4.69) is 10.0 Å². The number of carbonyl (C=O) groups is 2. The molecule has 2 N–H and O–H groups in total. The molecule has 0 radical (unpaired) electrons. The van der Waals surface area contributed by atoms with Gasteiger partial charge in [0.05, 0.1) is 24.1 Å². The van der Waals surface area contributed by atoms with E-state index in [1.165, 1.54) is 17.0 Å². The molecule has 1 aliphatic carbocycles. The summed E-state index contributed by atoms with van der Waals surface area (Å²) in [7, 11) is -3.79. The van der Waals surface area contributed by atoms with Crippen LogP contribution in [0.2, 0.25) is 0 Å². The molecule has 29 heavy (non-hydrogen) atoms. The molecular formula is C20H29N3O5S. The highest BCUT2D eigenvalue weighted by atomic mass is 32.2. The monoisotopic (exact) mass is 423 g/mol. The third-order valence-corrected chi connectivity index (χ3v) is 6.74. The number of benzene rings is 1. The van der Waals surface area contributed by atoms with Gasteiger partial charge in [-0.3, -0.25) is 9.59 Å². The number of nitrogens with zero attached hydrogens (tertiary/aromatic N) is 1. The van der Waals surface area contributed by atoms with Crippen molar-refractivity contribution in [3.8, 4) is 0 Å². The number of amides is 2. The largest absolute Gasteiger partial charge is 0.376 e. The van der Waals surface area contributed by atoms with Crippen LogP contribution in [-0.2, 0) is 24.3 Å². The van der Waals surface area contributed by atoms with Crippen LogP contribution in [0.3, 0.4) is 0 Å². The first-order valence-corrected chi connectivity index (χ1v) is 11.7. The molecule has 160 valence electrons. The summed E-state index contributed by atoms with van der Waals surface area (Å²) in [6, 6.07) is 8.05. The van der Waals surface area contributed by atoms with Crippen molar-refractivity contribution in [3.05, 3.63) is 30.3 Å². The summed E-state index contributed by atoms with van der Waals surface area (Å²) in [6.45, 7) is 0.425. The second-order valence-electron chi connectivity index (χ2n) is 7.60. The van der Waals surface area contributed by atoms with E-state index in [1.807, 2.05) is 0 Å². The molecule has 1 atom stereocenters. The van der Waals surface area contributed by atoms with Crippen molar-refractivity contribution in [2.75, 3.05) is 26.2 Å². The maximum atomic E-state index is 12.7. The lowest BCUT2D eigenvalue weighted by Crippen LogP contribution is -2.48. The van der Waals surface area contributed by atoms with Gasteiger partial charge in [-0.25, -0.2) is 13.1 Å². The van der Waals surface area contributed by atoms with Crippen molar-refractivity contribution in [1.29, 1.82) is 0 Å². The summed E-state index contributed by atoms with van der Waals surface area (Å²) in [4.78, 5) is 26.7. The van der Waals surface area contributed by atoms with Gasteiger partial charge in [0, 0.05) is 19.2 Å². The molecule has 0 spiro atoms. The molecule has 2 amide bonds. The SMILES string of the molecule is O=C(CN(C[C@@H]1CCCO1)C(=O)CNS(=O)(=O)c1ccccc1)NC1CCCC1. The number of ether oxygens (including phenoxy) is 1. The topological polar surface area (TPSA) is 105 Å². The van der Waals surface area contributed by atoms with Gasteiger partial charge in [0.2, 0.25) is 21.8 Å². The van der Waals surface area contributed by atoms with Crippen LogP contribution in [0.25, 0.3) is 0 Å². The zero-order valence-electron chi connectivity index (χ0n) is 16.5. The fourth-order valence-electron chi connectivity index (χ4n) is 3.76. The van der Waals surface area contributed by atoms with E-state index in [-0.39, 0.29) is 36.0 Å². The Hall–Kier alpha value is -1.97. The van der Waals surface area contributed by atoms with Crippen LogP contribution in [0, 0.1) is 0 Å². The van der Waals surface area contributed by atoms with Gasteiger partial charge in [-0.1, -0.05) is 31.0 Å². The zero-order valence-corrected chi connectivity index (χ0v) is 17.3. The number of rotatable bonds is 9. The van der Waals surface area contributed by atoms with E-state index in [4.69, 9.17) is 4.74 Å². The highest BCUT2D eigenvalue weighted by molar-refractivity contribution is 7.89. The summed E-state index contributed by atoms with van der Waals surface area (Å²) < 4.78 is 32.7. The van der Waals surface area contributed by atoms with E-state index in [0.29, 0.717) is 6.61 Å². The Balaban J connectivity index is 1.59. The average molecular weight is 424 g/mol. The number of sulfonamides is 1. The molecule has 1 heterocycles. The average Bonchev–Trinajstić information content (AvgIpc) is 3.40. The Morgan fingerprint density at radius 1 is 1.07 bits per heavy atom. The highest BCUT2D eigenvalue weighted by Crippen LogP contribution is 2.18. The number of carbonyl (C=O) groups excluding carboxylic acids is 2. The molecule has 2 aliphatic rings. The second kappa shape index (κ2) is 10.2. The van der Waals surface area contributed by atoms with Crippen LogP contribution in [0.4, 0.5) is 0 Å².